The molecule has 0 saturated carbocycles. The second kappa shape index (κ2) is 13.7. The molecule has 0 atom stereocenters. The molecule has 4 rings (SSSR count). The third kappa shape index (κ3) is 11.2. The molecule has 2 aliphatic rings. The van der Waals surface area contributed by atoms with Crippen LogP contribution in [0, 0.1) is 5.82 Å². The summed E-state index contributed by atoms with van der Waals surface area (Å²) in [6.45, 7) is 9.16. The van der Waals surface area contributed by atoms with Crippen LogP contribution in [0.1, 0.15) is 17.1 Å². The topological polar surface area (TPSA) is 102 Å². The molecular weight excluding hydrogens is 543 g/mol. The minimum Gasteiger partial charge on any atom is -0.475 e. The van der Waals surface area contributed by atoms with Gasteiger partial charge < -0.3 is 19.7 Å². The van der Waals surface area contributed by atoms with Gasteiger partial charge in [0.2, 0.25) is 0 Å². The van der Waals surface area contributed by atoms with Crippen molar-refractivity contribution in [3.05, 3.63) is 53.4 Å². The molecule has 1 aromatic heterocycles. The number of hydrogen-bond acceptors (Lipinski definition) is 6. The van der Waals surface area contributed by atoms with E-state index in [9.17, 15) is 30.7 Å². The van der Waals surface area contributed by atoms with Crippen LogP contribution in [0.15, 0.2) is 30.5 Å². The van der Waals surface area contributed by atoms with E-state index in [1.54, 1.807) is 0 Å². The average molecular weight is 571 g/mol. The van der Waals surface area contributed by atoms with Gasteiger partial charge in [0.05, 0.1) is 12.2 Å². The predicted octanol–water partition coefficient (Wildman–Crippen LogP) is 3.05. The minimum atomic E-state index is -5.08. The van der Waals surface area contributed by atoms with Gasteiger partial charge in [-0.3, -0.25) is 9.80 Å². The summed E-state index contributed by atoms with van der Waals surface area (Å²) < 4.78 is 78.8. The number of rotatable bonds is 4. The van der Waals surface area contributed by atoms with Gasteiger partial charge in [-0.2, -0.15) is 26.3 Å². The van der Waals surface area contributed by atoms with Crippen LogP contribution in [0.3, 0.4) is 0 Å². The van der Waals surface area contributed by atoms with Crippen LogP contribution in [0.5, 0.6) is 0 Å². The second-order valence-electron chi connectivity index (χ2n) is 8.86. The Kier molecular flexibility index (Phi) is 11.2. The molecule has 2 aromatic rings. The fourth-order valence-electron chi connectivity index (χ4n) is 3.66. The number of carbonyl (C=O) groups is 2. The number of hydrogen-bond donors (Lipinski definition) is 2. The molecule has 39 heavy (non-hydrogen) atoms. The Hall–Kier alpha value is -3.24. The Morgan fingerprint density at radius 2 is 1.31 bits per heavy atom. The fraction of sp³-hybridized carbons (Fsp3) is 0.522. The number of likely N-dealkylation sites (N-methyl/N-ethyl adjacent to an activating group) is 1. The zero-order chi connectivity index (χ0) is 29.4. The zero-order valence-electron chi connectivity index (χ0n) is 20.8. The average Bonchev–Trinajstić information content (AvgIpc) is 3.23. The van der Waals surface area contributed by atoms with E-state index >= 15 is 0 Å². The van der Waals surface area contributed by atoms with E-state index in [0.717, 1.165) is 70.3 Å². The lowest BCUT2D eigenvalue weighted by Crippen LogP contribution is -2.43. The van der Waals surface area contributed by atoms with Gasteiger partial charge in [0, 0.05) is 58.6 Å². The highest BCUT2D eigenvalue weighted by Crippen LogP contribution is 2.17. The largest absolute Gasteiger partial charge is 0.490 e. The summed E-state index contributed by atoms with van der Waals surface area (Å²) in [6.07, 6.45) is -7.94. The van der Waals surface area contributed by atoms with Crippen molar-refractivity contribution in [1.82, 2.24) is 24.3 Å². The van der Waals surface area contributed by atoms with Crippen molar-refractivity contribution < 1.29 is 50.5 Å². The van der Waals surface area contributed by atoms with Gasteiger partial charge in [-0.1, -0.05) is 12.1 Å². The van der Waals surface area contributed by atoms with Crippen molar-refractivity contribution in [3.63, 3.8) is 0 Å². The molecule has 218 valence electrons. The van der Waals surface area contributed by atoms with Crippen molar-refractivity contribution in [2.45, 2.75) is 38.5 Å². The first-order valence-electron chi connectivity index (χ1n) is 11.6. The monoisotopic (exact) mass is 571 g/mol. The van der Waals surface area contributed by atoms with Gasteiger partial charge in [-0.05, 0) is 24.7 Å². The number of nitrogens with zero attached hydrogens (tertiary/aromatic N) is 5. The molecule has 0 aliphatic carbocycles. The highest BCUT2D eigenvalue weighted by atomic mass is 19.4. The van der Waals surface area contributed by atoms with Crippen LogP contribution in [0.25, 0.3) is 0 Å². The first-order valence-corrected chi connectivity index (χ1v) is 11.6. The van der Waals surface area contributed by atoms with Crippen molar-refractivity contribution >= 4 is 11.9 Å². The molecular formula is C23H28F7N5O4. The highest BCUT2D eigenvalue weighted by Gasteiger charge is 2.38. The first-order chi connectivity index (χ1) is 18.0. The number of imidazole rings is 1. The summed E-state index contributed by atoms with van der Waals surface area (Å²) in [7, 11) is 2.18. The van der Waals surface area contributed by atoms with Crippen molar-refractivity contribution in [1.29, 1.82) is 0 Å². The Balaban J connectivity index is 0.000000317. The van der Waals surface area contributed by atoms with Crippen molar-refractivity contribution in [2.24, 2.45) is 0 Å². The SMILES string of the molecule is CN1CCN(Cc2cn3c(n2)CN(Cc2ccc(F)cc2)CC3)CC1.O=C(O)C(F)(F)F.O=C(O)C(F)(F)F. The number of aliphatic carboxylic acids is 2. The van der Waals surface area contributed by atoms with E-state index in [1.165, 1.54) is 17.8 Å². The molecule has 3 heterocycles. The summed E-state index contributed by atoms with van der Waals surface area (Å²) in [6, 6.07) is 6.81. The van der Waals surface area contributed by atoms with Gasteiger partial charge in [0.15, 0.2) is 0 Å². The van der Waals surface area contributed by atoms with Crippen LogP contribution in [0.2, 0.25) is 0 Å². The molecule has 0 radical (unpaired) electrons. The fourth-order valence-corrected chi connectivity index (χ4v) is 3.66. The molecule has 0 amide bonds. The van der Waals surface area contributed by atoms with Crippen LogP contribution < -0.4 is 0 Å². The molecule has 0 bridgehead atoms. The maximum Gasteiger partial charge on any atom is 0.490 e. The number of halogens is 7. The van der Waals surface area contributed by atoms with Gasteiger partial charge in [0.1, 0.15) is 11.6 Å². The van der Waals surface area contributed by atoms with Gasteiger partial charge in [-0.25, -0.2) is 19.0 Å². The standard InChI is InChI=1S/C19H26FN5.2C2HF3O2/c1-22-6-8-23(9-7-22)13-18-14-25-11-10-24(15-19(25)21-18)12-16-2-4-17(20)5-3-16;2*3-2(4,5)1(6)7/h2-5,14H,6-13,15H2,1H3;2*(H,6,7). The normalized spacial score (nSPS) is 16.8. The van der Waals surface area contributed by atoms with E-state index in [1.807, 2.05) is 12.1 Å². The quantitative estimate of drug-likeness (QED) is 0.541. The Bertz CT molecular complexity index is 1060. The highest BCUT2D eigenvalue weighted by molar-refractivity contribution is 5.73. The Labute approximate surface area is 219 Å². The van der Waals surface area contributed by atoms with Crippen LogP contribution in [-0.2, 0) is 35.8 Å². The summed E-state index contributed by atoms with van der Waals surface area (Å²) in [4.78, 5) is 29.9. The number of carboxylic acid groups (broad SMARTS) is 2. The number of benzene rings is 1. The maximum absolute atomic E-state index is 13.0. The van der Waals surface area contributed by atoms with E-state index < -0.39 is 24.3 Å². The number of alkyl halides is 6. The van der Waals surface area contributed by atoms with Crippen LogP contribution in [-0.4, -0.2) is 98.5 Å². The molecule has 2 aliphatic heterocycles. The summed E-state index contributed by atoms with van der Waals surface area (Å²) in [5.74, 6) is -4.54. The first kappa shape index (κ1) is 32.0. The molecule has 2 N–H and O–H groups in total. The molecule has 0 unspecified atom stereocenters. The third-order valence-electron chi connectivity index (χ3n) is 5.72. The molecule has 1 aromatic carbocycles. The zero-order valence-corrected chi connectivity index (χ0v) is 20.8. The lowest BCUT2D eigenvalue weighted by molar-refractivity contribution is -0.193. The van der Waals surface area contributed by atoms with Crippen LogP contribution in [0.4, 0.5) is 30.7 Å². The van der Waals surface area contributed by atoms with E-state index in [4.69, 9.17) is 24.8 Å². The van der Waals surface area contributed by atoms with Crippen LogP contribution >= 0.6 is 0 Å². The van der Waals surface area contributed by atoms with E-state index in [0.29, 0.717) is 0 Å². The molecule has 0 spiro atoms. The molecule has 9 nitrogen and oxygen atoms in total. The lowest BCUT2D eigenvalue weighted by Gasteiger charge is -2.31. The number of aromatic nitrogens is 2. The van der Waals surface area contributed by atoms with Gasteiger partial charge in [-0.15, -0.1) is 0 Å². The minimum absolute atomic E-state index is 0.175. The summed E-state index contributed by atoms with van der Waals surface area (Å²) in [5.41, 5.74) is 2.34. The van der Waals surface area contributed by atoms with Gasteiger partial charge >= 0.3 is 24.3 Å². The second-order valence-corrected chi connectivity index (χ2v) is 8.86. The third-order valence-corrected chi connectivity index (χ3v) is 5.72. The van der Waals surface area contributed by atoms with Gasteiger partial charge in [0.25, 0.3) is 0 Å². The van der Waals surface area contributed by atoms with E-state index in [2.05, 4.69) is 32.5 Å². The van der Waals surface area contributed by atoms with Crippen molar-refractivity contribution in [2.75, 3.05) is 39.8 Å². The molecule has 1 saturated heterocycles. The Morgan fingerprint density at radius 3 is 1.79 bits per heavy atom. The van der Waals surface area contributed by atoms with Crippen molar-refractivity contribution in [3.8, 4) is 0 Å². The smallest absolute Gasteiger partial charge is 0.475 e. The summed E-state index contributed by atoms with van der Waals surface area (Å²) >= 11 is 0. The number of carboxylic acids is 2. The Morgan fingerprint density at radius 1 is 0.821 bits per heavy atom. The summed E-state index contributed by atoms with van der Waals surface area (Å²) in [5, 5.41) is 14.2. The maximum atomic E-state index is 13.0. The number of fused-ring (bicyclic) bond motifs is 1. The molecule has 1 fully saturated rings. The molecule has 16 heteroatoms. The lowest BCUT2D eigenvalue weighted by atomic mass is 10.2. The number of piperazine rings is 1. The van der Waals surface area contributed by atoms with E-state index in [-0.39, 0.29) is 5.82 Å². The predicted molar refractivity (Wildman–Crippen MR) is 123 cm³/mol.